The van der Waals surface area contributed by atoms with E-state index in [1.165, 1.54) is 34.2 Å². The quantitative estimate of drug-likeness (QED) is 0.603. The fourth-order valence-electron chi connectivity index (χ4n) is 4.23. The molecule has 28 heavy (non-hydrogen) atoms. The molecule has 0 radical (unpaired) electrons. The molecule has 5 nitrogen and oxygen atoms in total. The second kappa shape index (κ2) is 7.12. The summed E-state index contributed by atoms with van der Waals surface area (Å²) in [6, 6.07) is 3.49. The molecule has 0 saturated heterocycles. The Bertz CT molecular complexity index is 1120. The maximum absolute atomic E-state index is 12.6. The van der Waals surface area contributed by atoms with Gasteiger partial charge in [0.25, 0.3) is 5.56 Å². The largest absolute Gasteiger partial charge is 0.455 e. The van der Waals surface area contributed by atoms with Crippen LogP contribution in [0.1, 0.15) is 62.6 Å². The lowest BCUT2D eigenvalue weighted by molar-refractivity contribution is 0.0473. The molecule has 0 saturated carbocycles. The van der Waals surface area contributed by atoms with Gasteiger partial charge in [0.2, 0.25) is 0 Å². The molecular formula is C21H22N2O3S2. The summed E-state index contributed by atoms with van der Waals surface area (Å²) in [6.07, 6.45) is 7.52. The van der Waals surface area contributed by atoms with Crippen molar-refractivity contribution < 1.29 is 9.53 Å². The molecule has 2 aliphatic rings. The Morgan fingerprint density at radius 2 is 2.07 bits per heavy atom. The van der Waals surface area contributed by atoms with Crippen molar-refractivity contribution in [2.75, 3.05) is 0 Å². The van der Waals surface area contributed by atoms with Gasteiger partial charge in [-0.2, -0.15) is 0 Å². The van der Waals surface area contributed by atoms with Gasteiger partial charge in [-0.15, -0.1) is 22.7 Å². The molecule has 0 aliphatic heterocycles. The standard InChI is InChI=1S/C21H22N2O3S2/c1-12-6-7-16-13(8-12)9-18(27-16)20(25)26-11-14-10-19(24)23-15-4-2-3-5-17(15)28-21(23)22-14/h9-10,12H,2-8,11H2,1H3/t12-/m1/s1. The Labute approximate surface area is 171 Å². The van der Waals surface area contributed by atoms with Crippen LogP contribution in [0.4, 0.5) is 0 Å². The molecule has 0 spiro atoms. The summed E-state index contributed by atoms with van der Waals surface area (Å²) in [5.74, 6) is 0.353. The molecule has 1 atom stereocenters. The van der Waals surface area contributed by atoms with E-state index in [1.54, 1.807) is 27.1 Å². The molecule has 3 aromatic heterocycles. The molecule has 0 N–H and O–H groups in total. The summed E-state index contributed by atoms with van der Waals surface area (Å²) >= 11 is 3.14. The fraction of sp³-hybridized carbons (Fsp3) is 0.476. The number of hydrogen-bond donors (Lipinski definition) is 0. The third-order valence-corrected chi connectivity index (χ3v) is 8.06. The van der Waals surface area contributed by atoms with Gasteiger partial charge in [0.05, 0.1) is 5.69 Å². The number of hydrogen-bond acceptors (Lipinski definition) is 6. The average molecular weight is 415 g/mol. The van der Waals surface area contributed by atoms with E-state index in [0.29, 0.717) is 21.4 Å². The van der Waals surface area contributed by atoms with Gasteiger partial charge in [-0.1, -0.05) is 6.92 Å². The van der Waals surface area contributed by atoms with E-state index in [9.17, 15) is 9.59 Å². The van der Waals surface area contributed by atoms with Crippen molar-refractivity contribution in [2.45, 2.75) is 58.5 Å². The lowest BCUT2D eigenvalue weighted by Gasteiger charge is -2.16. The molecule has 0 fully saturated rings. The number of aromatic nitrogens is 2. The van der Waals surface area contributed by atoms with Crippen LogP contribution in [0.15, 0.2) is 16.9 Å². The maximum atomic E-state index is 12.6. The van der Waals surface area contributed by atoms with Gasteiger partial charge in [0.1, 0.15) is 11.5 Å². The molecule has 5 rings (SSSR count). The molecule has 2 aliphatic carbocycles. The number of esters is 1. The number of ether oxygens (including phenoxy) is 1. The van der Waals surface area contributed by atoms with E-state index in [-0.39, 0.29) is 18.1 Å². The highest BCUT2D eigenvalue weighted by Crippen LogP contribution is 2.32. The molecular weight excluding hydrogens is 392 g/mol. The van der Waals surface area contributed by atoms with Crippen molar-refractivity contribution in [1.82, 2.24) is 9.38 Å². The predicted molar refractivity (Wildman–Crippen MR) is 111 cm³/mol. The molecule has 0 aromatic carbocycles. The van der Waals surface area contributed by atoms with Gasteiger partial charge < -0.3 is 4.74 Å². The normalized spacial score (nSPS) is 18.7. The average Bonchev–Trinajstić information content (AvgIpc) is 3.26. The predicted octanol–water partition coefficient (Wildman–Crippen LogP) is 4.18. The van der Waals surface area contributed by atoms with E-state index in [1.807, 2.05) is 6.07 Å². The maximum Gasteiger partial charge on any atom is 0.348 e. The Balaban J connectivity index is 1.34. The zero-order chi connectivity index (χ0) is 19.3. The number of thiazole rings is 1. The summed E-state index contributed by atoms with van der Waals surface area (Å²) in [5, 5.41) is 0. The van der Waals surface area contributed by atoms with E-state index in [0.717, 1.165) is 37.8 Å². The zero-order valence-electron chi connectivity index (χ0n) is 15.8. The minimum absolute atomic E-state index is 0.0338. The first-order valence-corrected chi connectivity index (χ1v) is 11.5. The molecule has 0 unspecified atom stereocenters. The van der Waals surface area contributed by atoms with E-state index in [4.69, 9.17) is 4.74 Å². The summed E-state index contributed by atoms with van der Waals surface area (Å²) in [5.41, 5.74) is 2.85. The zero-order valence-corrected chi connectivity index (χ0v) is 17.5. The first-order valence-electron chi connectivity index (χ1n) is 9.90. The summed E-state index contributed by atoms with van der Waals surface area (Å²) in [7, 11) is 0. The van der Waals surface area contributed by atoms with Crippen molar-refractivity contribution in [2.24, 2.45) is 5.92 Å². The first-order chi connectivity index (χ1) is 13.6. The highest BCUT2D eigenvalue weighted by molar-refractivity contribution is 7.17. The highest BCUT2D eigenvalue weighted by Gasteiger charge is 2.22. The Morgan fingerprint density at radius 1 is 1.21 bits per heavy atom. The summed E-state index contributed by atoms with van der Waals surface area (Å²) in [6.45, 7) is 2.29. The topological polar surface area (TPSA) is 60.7 Å². The SMILES string of the molecule is C[C@@H]1CCc2sc(C(=O)OCc3cc(=O)n4c5c(sc4n3)CCCC5)cc2C1. The third-order valence-electron chi connectivity index (χ3n) is 5.70. The van der Waals surface area contributed by atoms with Crippen LogP contribution in [0.25, 0.3) is 4.96 Å². The van der Waals surface area contributed by atoms with Crippen molar-refractivity contribution in [1.29, 1.82) is 0 Å². The van der Waals surface area contributed by atoms with Gasteiger partial charge in [0.15, 0.2) is 4.96 Å². The fourth-order valence-corrected chi connectivity index (χ4v) is 6.57. The number of carbonyl (C=O) groups excluding carboxylic acids is 1. The van der Waals surface area contributed by atoms with Crippen LogP contribution in [-0.4, -0.2) is 15.4 Å². The molecule has 7 heteroatoms. The number of nitrogens with zero attached hydrogens (tertiary/aromatic N) is 2. The van der Waals surface area contributed by atoms with Crippen molar-refractivity contribution in [3.8, 4) is 0 Å². The van der Waals surface area contributed by atoms with Crippen LogP contribution < -0.4 is 5.56 Å². The number of rotatable bonds is 3. The van der Waals surface area contributed by atoms with Gasteiger partial charge in [-0.3, -0.25) is 9.20 Å². The number of fused-ring (bicyclic) bond motifs is 4. The van der Waals surface area contributed by atoms with Crippen LogP contribution in [0.3, 0.4) is 0 Å². The third kappa shape index (κ3) is 3.20. The van der Waals surface area contributed by atoms with Crippen LogP contribution >= 0.6 is 22.7 Å². The second-order valence-electron chi connectivity index (χ2n) is 7.87. The van der Waals surface area contributed by atoms with Crippen LogP contribution in [-0.2, 0) is 37.0 Å². The molecule has 3 aromatic rings. The number of carbonyl (C=O) groups is 1. The Morgan fingerprint density at radius 3 is 2.96 bits per heavy atom. The lowest BCUT2D eigenvalue weighted by atomic mass is 9.90. The number of thiophene rings is 1. The van der Waals surface area contributed by atoms with E-state index < -0.39 is 0 Å². The smallest absolute Gasteiger partial charge is 0.348 e. The van der Waals surface area contributed by atoms with Crippen molar-refractivity contribution in [3.05, 3.63) is 54.1 Å². The Kier molecular flexibility index (Phi) is 4.59. The van der Waals surface area contributed by atoms with Gasteiger partial charge in [-0.05, 0) is 62.5 Å². The number of aryl methyl sites for hydroxylation is 3. The van der Waals surface area contributed by atoms with Gasteiger partial charge in [-0.25, -0.2) is 9.78 Å². The molecule has 3 heterocycles. The van der Waals surface area contributed by atoms with Gasteiger partial charge >= 0.3 is 5.97 Å². The lowest BCUT2D eigenvalue weighted by Crippen LogP contribution is -2.18. The minimum Gasteiger partial charge on any atom is -0.455 e. The second-order valence-corrected chi connectivity index (χ2v) is 10.1. The van der Waals surface area contributed by atoms with Crippen LogP contribution in [0.5, 0.6) is 0 Å². The Hall–Kier alpha value is -1.99. The monoisotopic (exact) mass is 414 g/mol. The van der Waals surface area contributed by atoms with Gasteiger partial charge in [0, 0.05) is 21.5 Å². The van der Waals surface area contributed by atoms with Crippen LogP contribution in [0.2, 0.25) is 0 Å². The summed E-state index contributed by atoms with van der Waals surface area (Å²) in [4.78, 5) is 33.6. The minimum atomic E-state index is -0.320. The molecule has 0 bridgehead atoms. The molecule has 146 valence electrons. The van der Waals surface area contributed by atoms with Crippen molar-refractivity contribution >= 4 is 33.6 Å². The van der Waals surface area contributed by atoms with E-state index >= 15 is 0 Å². The van der Waals surface area contributed by atoms with Crippen molar-refractivity contribution in [3.63, 3.8) is 0 Å². The van der Waals surface area contributed by atoms with Crippen LogP contribution in [0, 0.1) is 5.92 Å². The van der Waals surface area contributed by atoms with E-state index in [2.05, 4.69) is 11.9 Å². The first kappa shape index (κ1) is 18.1. The highest BCUT2D eigenvalue weighted by atomic mass is 32.1. The summed E-state index contributed by atoms with van der Waals surface area (Å²) < 4.78 is 7.23. The molecule has 0 amide bonds.